The van der Waals surface area contributed by atoms with Gasteiger partial charge in [-0.3, -0.25) is 0 Å². The molecule has 1 saturated carbocycles. The van der Waals surface area contributed by atoms with Gasteiger partial charge in [-0.2, -0.15) is 0 Å². The van der Waals surface area contributed by atoms with Crippen LogP contribution in [0.2, 0.25) is 0 Å². The maximum Gasteiger partial charge on any atom is 0.0824 e. The summed E-state index contributed by atoms with van der Waals surface area (Å²) in [5, 5.41) is 0. The summed E-state index contributed by atoms with van der Waals surface area (Å²) in [7, 11) is 0. The fourth-order valence-corrected chi connectivity index (χ4v) is 3.22. The summed E-state index contributed by atoms with van der Waals surface area (Å²) in [6.45, 7) is 12.8. The fourth-order valence-electron chi connectivity index (χ4n) is 3.22. The first-order valence-corrected chi connectivity index (χ1v) is 11.3. The molecule has 0 amide bonds. The number of hydrogen-bond acceptors (Lipinski definition) is 0. The van der Waals surface area contributed by atoms with E-state index in [4.69, 9.17) is 0 Å². The Labute approximate surface area is 170 Å². The summed E-state index contributed by atoms with van der Waals surface area (Å²) < 4.78 is 10.5. The van der Waals surface area contributed by atoms with Crippen LogP contribution in [0.5, 0.6) is 0 Å². The van der Waals surface area contributed by atoms with Gasteiger partial charge in [-0.1, -0.05) is 122 Å². The molecule has 0 N–H and O–H groups in total. The van der Waals surface area contributed by atoms with Crippen LogP contribution >= 0.6 is 0 Å². The van der Waals surface area contributed by atoms with Crippen molar-refractivity contribution in [3.63, 3.8) is 0 Å². The van der Waals surface area contributed by atoms with Gasteiger partial charge in [-0.05, 0) is 37.2 Å². The lowest BCUT2D eigenvalue weighted by atomic mass is 9.80. The Morgan fingerprint density at radius 2 is 1.59 bits per heavy atom. The smallest absolute Gasteiger partial charge is 0.0824 e. The minimum atomic E-state index is 0.500. The minimum Gasteiger partial charge on any atom is -0.216 e. The predicted molar refractivity (Wildman–Crippen MR) is 123 cm³/mol. The van der Waals surface area contributed by atoms with Crippen LogP contribution in [0.15, 0.2) is 42.7 Å². The van der Waals surface area contributed by atoms with Crippen LogP contribution in [0.4, 0.5) is 4.39 Å². The molecular weight excluding hydrogens is 331 g/mol. The van der Waals surface area contributed by atoms with E-state index in [1.165, 1.54) is 69.4 Å². The first kappa shape index (κ1) is 28.1. The summed E-state index contributed by atoms with van der Waals surface area (Å²) in [4.78, 5) is 0. The third-order valence-electron chi connectivity index (χ3n) is 4.64. The van der Waals surface area contributed by atoms with Crippen LogP contribution in [0.25, 0.3) is 0 Å². The van der Waals surface area contributed by atoms with Gasteiger partial charge in [0.15, 0.2) is 0 Å². The number of unbranched alkanes of at least 4 members (excludes halogenated alkanes) is 2. The fraction of sp³-hybridized carbons (Fsp3) is 0.692. The second kappa shape index (κ2) is 22.9. The SMILES string of the molecule is C/C=C/F.CCC.CCCCC[C@H]1CCCC(C)C1.CCc1ccccc1. The number of halogens is 1. The highest BCUT2D eigenvalue weighted by Gasteiger charge is 2.17. The standard InChI is InChI=1S/C12H24.C8H10.C3H5F.C3H8/c1-3-4-5-8-12-9-6-7-11(2)10-12;1-2-8-6-4-3-5-7-8;1-2-3-4;1-3-2/h11-12H,3-10H2,1-2H3;3-7H,2H2,1H3;2-3H,1H3;3H2,1-2H3/b;;3-2+;/t11?,12-;;;/m0.../s1. The van der Waals surface area contributed by atoms with Crippen LogP contribution < -0.4 is 0 Å². The molecule has 0 bridgehead atoms. The van der Waals surface area contributed by atoms with Gasteiger partial charge in [0.2, 0.25) is 0 Å². The van der Waals surface area contributed by atoms with Crippen LogP contribution in [0, 0.1) is 11.8 Å². The highest BCUT2D eigenvalue weighted by Crippen LogP contribution is 2.31. The molecule has 0 spiro atoms. The van der Waals surface area contributed by atoms with Gasteiger partial charge in [-0.25, -0.2) is 4.39 Å². The monoisotopic (exact) mass is 378 g/mol. The first-order valence-electron chi connectivity index (χ1n) is 11.3. The number of aryl methyl sites for hydroxylation is 1. The lowest BCUT2D eigenvalue weighted by molar-refractivity contribution is 0.264. The van der Waals surface area contributed by atoms with E-state index < -0.39 is 0 Å². The molecule has 0 radical (unpaired) electrons. The van der Waals surface area contributed by atoms with Gasteiger partial charge >= 0.3 is 0 Å². The van der Waals surface area contributed by atoms with Crippen molar-refractivity contribution in [1.82, 2.24) is 0 Å². The molecule has 1 unspecified atom stereocenters. The summed E-state index contributed by atoms with van der Waals surface area (Å²) in [6.07, 6.45) is 16.1. The van der Waals surface area contributed by atoms with Crippen LogP contribution in [0.1, 0.15) is 105 Å². The molecule has 2 atom stereocenters. The maximum absolute atomic E-state index is 10.5. The Balaban J connectivity index is 0. The third kappa shape index (κ3) is 21.1. The summed E-state index contributed by atoms with van der Waals surface area (Å²) in [6, 6.07) is 10.5. The van der Waals surface area contributed by atoms with Gasteiger partial charge in [0.1, 0.15) is 0 Å². The van der Waals surface area contributed by atoms with Crippen molar-refractivity contribution in [2.24, 2.45) is 11.8 Å². The first-order chi connectivity index (χ1) is 13.1. The van der Waals surface area contributed by atoms with E-state index in [1.54, 1.807) is 6.92 Å². The van der Waals surface area contributed by atoms with Crippen molar-refractivity contribution in [3.05, 3.63) is 48.3 Å². The number of allylic oxidation sites excluding steroid dienone is 1. The van der Waals surface area contributed by atoms with Crippen molar-refractivity contribution < 1.29 is 4.39 Å². The zero-order chi connectivity index (χ0) is 20.8. The molecule has 1 aliphatic carbocycles. The molecule has 0 heterocycles. The van der Waals surface area contributed by atoms with Gasteiger partial charge in [0.25, 0.3) is 0 Å². The van der Waals surface area contributed by atoms with E-state index in [0.29, 0.717) is 6.33 Å². The van der Waals surface area contributed by atoms with Gasteiger partial charge < -0.3 is 0 Å². The second-order valence-corrected chi connectivity index (χ2v) is 7.64. The zero-order valence-electron chi connectivity index (χ0n) is 19.1. The Morgan fingerprint density at radius 3 is 2.00 bits per heavy atom. The molecule has 1 aromatic rings. The van der Waals surface area contributed by atoms with Crippen molar-refractivity contribution in [2.45, 2.75) is 106 Å². The van der Waals surface area contributed by atoms with Crippen molar-refractivity contribution in [1.29, 1.82) is 0 Å². The molecule has 1 heteroatoms. The van der Waals surface area contributed by atoms with Crippen molar-refractivity contribution in [3.8, 4) is 0 Å². The van der Waals surface area contributed by atoms with E-state index in [-0.39, 0.29) is 0 Å². The van der Waals surface area contributed by atoms with Crippen molar-refractivity contribution >= 4 is 0 Å². The molecule has 2 rings (SSSR count). The average molecular weight is 379 g/mol. The molecule has 1 aliphatic rings. The number of hydrogen-bond donors (Lipinski definition) is 0. The Morgan fingerprint density at radius 1 is 1.00 bits per heavy atom. The Kier molecular flexibility index (Phi) is 23.9. The number of benzene rings is 1. The second-order valence-electron chi connectivity index (χ2n) is 7.64. The van der Waals surface area contributed by atoms with Gasteiger partial charge in [-0.15, -0.1) is 0 Å². The molecule has 0 aromatic heterocycles. The normalized spacial score (nSPS) is 18.3. The predicted octanol–water partition coefficient (Wildman–Crippen LogP) is 9.55. The number of rotatable bonds is 5. The van der Waals surface area contributed by atoms with E-state index >= 15 is 0 Å². The lowest BCUT2D eigenvalue weighted by Crippen LogP contribution is -2.12. The van der Waals surface area contributed by atoms with Crippen LogP contribution in [-0.2, 0) is 6.42 Å². The third-order valence-corrected chi connectivity index (χ3v) is 4.64. The molecular formula is C26H47F. The Bertz CT molecular complexity index is 392. The van der Waals surface area contributed by atoms with E-state index in [9.17, 15) is 4.39 Å². The molecule has 1 fully saturated rings. The van der Waals surface area contributed by atoms with E-state index in [1.807, 2.05) is 6.07 Å². The minimum absolute atomic E-state index is 0.500. The topological polar surface area (TPSA) is 0 Å². The molecule has 0 saturated heterocycles. The maximum atomic E-state index is 10.5. The zero-order valence-corrected chi connectivity index (χ0v) is 19.1. The summed E-state index contributed by atoms with van der Waals surface area (Å²) in [5.74, 6) is 2.10. The van der Waals surface area contributed by atoms with Gasteiger partial charge in [0, 0.05) is 0 Å². The highest BCUT2D eigenvalue weighted by molar-refractivity contribution is 5.13. The molecule has 0 nitrogen and oxygen atoms in total. The molecule has 158 valence electrons. The van der Waals surface area contributed by atoms with Crippen molar-refractivity contribution in [2.75, 3.05) is 0 Å². The van der Waals surface area contributed by atoms with E-state index in [2.05, 4.69) is 58.9 Å². The molecule has 0 aliphatic heterocycles. The molecule has 1 aromatic carbocycles. The lowest BCUT2D eigenvalue weighted by Gasteiger charge is -2.26. The Hall–Kier alpha value is -1.11. The quantitative estimate of drug-likeness (QED) is 0.447. The van der Waals surface area contributed by atoms with Gasteiger partial charge in [0.05, 0.1) is 6.33 Å². The highest BCUT2D eigenvalue weighted by atomic mass is 19.1. The summed E-state index contributed by atoms with van der Waals surface area (Å²) >= 11 is 0. The average Bonchev–Trinajstić information content (AvgIpc) is 2.70. The van der Waals surface area contributed by atoms with Crippen LogP contribution in [-0.4, -0.2) is 0 Å². The largest absolute Gasteiger partial charge is 0.216 e. The van der Waals surface area contributed by atoms with E-state index in [0.717, 1.165) is 18.3 Å². The molecule has 27 heavy (non-hydrogen) atoms. The summed E-state index contributed by atoms with van der Waals surface area (Å²) in [5.41, 5.74) is 1.41. The van der Waals surface area contributed by atoms with Crippen LogP contribution in [0.3, 0.4) is 0 Å².